The standard InChI is InChI=1S/C19H19F3N4O/c1-11-16(12(2)26(3)25-11)17(19(20,21)22)24-18(27)23-15-10-6-8-13-7-4-5-9-14(13)15/h4-10,17H,1-3H3,(H2,23,24,27)/t17-/m1/s1. The second kappa shape index (κ2) is 6.94. The molecule has 2 aromatic carbocycles. The Kier molecular flexibility index (Phi) is 4.82. The molecule has 5 nitrogen and oxygen atoms in total. The average molecular weight is 376 g/mol. The Balaban J connectivity index is 1.89. The van der Waals surface area contributed by atoms with Crippen molar-refractivity contribution < 1.29 is 18.0 Å². The van der Waals surface area contributed by atoms with E-state index in [0.717, 1.165) is 10.8 Å². The molecular formula is C19H19F3N4O. The molecule has 2 N–H and O–H groups in total. The largest absolute Gasteiger partial charge is 0.413 e. The van der Waals surface area contributed by atoms with Gasteiger partial charge in [0.05, 0.1) is 11.4 Å². The van der Waals surface area contributed by atoms with Crippen LogP contribution < -0.4 is 10.6 Å². The van der Waals surface area contributed by atoms with Gasteiger partial charge in [-0.1, -0.05) is 36.4 Å². The third-order valence-corrected chi connectivity index (χ3v) is 4.49. The summed E-state index contributed by atoms with van der Waals surface area (Å²) in [6, 6.07) is 9.45. The molecule has 0 aliphatic heterocycles. The molecule has 0 aliphatic carbocycles. The van der Waals surface area contributed by atoms with Gasteiger partial charge in [0.15, 0.2) is 6.04 Å². The van der Waals surface area contributed by atoms with Gasteiger partial charge in [-0.2, -0.15) is 18.3 Å². The molecule has 0 fully saturated rings. The van der Waals surface area contributed by atoms with Gasteiger partial charge >= 0.3 is 12.2 Å². The molecular weight excluding hydrogens is 357 g/mol. The van der Waals surface area contributed by atoms with Gasteiger partial charge < -0.3 is 10.6 Å². The zero-order valence-corrected chi connectivity index (χ0v) is 15.1. The summed E-state index contributed by atoms with van der Waals surface area (Å²) in [7, 11) is 1.56. The summed E-state index contributed by atoms with van der Waals surface area (Å²) < 4.78 is 42.3. The lowest BCUT2D eigenvalue weighted by atomic mass is 10.0. The topological polar surface area (TPSA) is 59.0 Å². The molecule has 0 bridgehead atoms. The maximum Gasteiger partial charge on any atom is 0.413 e. The molecule has 0 radical (unpaired) electrons. The van der Waals surface area contributed by atoms with Gasteiger partial charge in [0, 0.05) is 23.7 Å². The van der Waals surface area contributed by atoms with E-state index in [2.05, 4.69) is 15.7 Å². The van der Waals surface area contributed by atoms with E-state index >= 15 is 0 Å². The Bertz CT molecular complexity index is 989. The van der Waals surface area contributed by atoms with Crippen molar-refractivity contribution in [2.45, 2.75) is 26.1 Å². The van der Waals surface area contributed by atoms with Gasteiger partial charge in [-0.05, 0) is 25.3 Å². The molecule has 0 saturated heterocycles. The number of hydrogen-bond acceptors (Lipinski definition) is 2. The van der Waals surface area contributed by atoms with Crippen LogP contribution in [0.1, 0.15) is 23.0 Å². The fraction of sp³-hybridized carbons (Fsp3) is 0.263. The van der Waals surface area contributed by atoms with Gasteiger partial charge in [0.1, 0.15) is 0 Å². The van der Waals surface area contributed by atoms with E-state index in [1.807, 2.05) is 18.2 Å². The number of carbonyl (C=O) groups excluding carboxylic acids is 1. The molecule has 0 unspecified atom stereocenters. The van der Waals surface area contributed by atoms with Crippen molar-refractivity contribution in [3.05, 3.63) is 59.4 Å². The zero-order chi connectivity index (χ0) is 19.8. The van der Waals surface area contributed by atoms with Gasteiger partial charge in [0.25, 0.3) is 0 Å². The molecule has 142 valence electrons. The predicted molar refractivity (Wildman–Crippen MR) is 97.6 cm³/mol. The lowest BCUT2D eigenvalue weighted by Gasteiger charge is -2.23. The fourth-order valence-electron chi connectivity index (χ4n) is 3.15. The second-order valence-corrected chi connectivity index (χ2v) is 6.31. The molecule has 2 amide bonds. The first kappa shape index (κ1) is 18.8. The van der Waals surface area contributed by atoms with Crippen LogP contribution in [-0.4, -0.2) is 22.0 Å². The summed E-state index contributed by atoms with van der Waals surface area (Å²) in [4.78, 5) is 12.4. The van der Waals surface area contributed by atoms with Crippen LogP contribution in [0.25, 0.3) is 10.8 Å². The minimum atomic E-state index is -4.66. The highest BCUT2D eigenvalue weighted by Gasteiger charge is 2.44. The lowest BCUT2D eigenvalue weighted by molar-refractivity contribution is -0.155. The van der Waals surface area contributed by atoms with E-state index in [-0.39, 0.29) is 11.3 Å². The minimum absolute atomic E-state index is 0.0435. The Labute approximate surface area is 154 Å². The Hall–Kier alpha value is -3.03. The van der Waals surface area contributed by atoms with E-state index in [0.29, 0.717) is 11.4 Å². The molecule has 0 aliphatic rings. The number of anilines is 1. The number of benzene rings is 2. The van der Waals surface area contributed by atoms with E-state index in [9.17, 15) is 18.0 Å². The SMILES string of the molecule is Cc1nn(C)c(C)c1[C@@H](NC(=O)Nc1cccc2ccccc12)C(F)(F)F. The normalized spacial score (nSPS) is 12.8. The third kappa shape index (κ3) is 3.74. The summed E-state index contributed by atoms with van der Waals surface area (Å²) in [5.74, 6) is 0. The quantitative estimate of drug-likeness (QED) is 0.701. The number of aromatic nitrogens is 2. The molecule has 3 rings (SSSR count). The first-order valence-corrected chi connectivity index (χ1v) is 8.30. The number of carbonyl (C=O) groups is 1. The molecule has 0 saturated carbocycles. The number of hydrogen-bond donors (Lipinski definition) is 2. The second-order valence-electron chi connectivity index (χ2n) is 6.31. The van der Waals surface area contributed by atoms with Gasteiger partial charge in [-0.25, -0.2) is 4.79 Å². The average Bonchev–Trinajstić information content (AvgIpc) is 2.84. The number of alkyl halides is 3. The van der Waals surface area contributed by atoms with Crippen LogP contribution in [0, 0.1) is 13.8 Å². The molecule has 1 heterocycles. The number of aryl methyl sites for hydroxylation is 2. The van der Waals surface area contributed by atoms with Crippen molar-refractivity contribution in [2.75, 3.05) is 5.32 Å². The van der Waals surface area contributed by atoms with Crippen LogP contribution in [0.2, 0.25) is 0 Å². The number of nitrogens with one attached hydrogen (secondary N) is 2. The van der Waals surface area contributed by atoms with E-state index < -0.39 is 18.2 Å². The predicted octanol–water partition coefficient (Wildman–Crippen LogP) is 4.62. The summed E-state index contributed by atoms with van der Waals surface area (Å²) >= 11 is 0. The Morgan fingerprint density at radius 1 is 1.11 bits per heavy atom. The monoisotopic (exact) mass is 376 g/mol. The molecule has 27 heavy (non-hydrogen) atoms. The maximum atomic E-state index is 13.6. The number of rotatable bonds is 3. The van der Waals surface area contributed by atoms with Crippen LogP contribution in [0.15, 0.2) is 42.5 Å². The smallest absolute Gasteiger partial charge is 0.322 e. The van der Waals surface area contributed by atoms with Crippen molar-refractivity contribution in [2.24, 2.45) is 7.05 Å². The first-order chi connectivity index (χ1) is 12.7. The third-order valence-electron chi connectivity index (χ3n) is 4.49. The molecule has 8 heteroatoms. The summed E-state index contributed by atoms with van der Waals surface area (Å²) in [6.07, 6.45) is -4.66. The Morgan fingerprint density at radius 2 is 1.78 bits per heavy atom. The molecule has 1 atom stereocenters. The van der Waals surface area contributed by atoms with Crippen LogP contribution in [0.5, 0.6) is 0 Å². The number of urea groups is 1. The van der Waals surface area contributed by atoms with Gasteiger partial charge in [-0.15, -0.1) is 0 Å². The molecule has 3 aromatic rings. The maximum absolute atomic E-state index is 13.6. The van der Waals surface area contributed by atoms with Gasteiger partial charge in [0.2, 0.25) is 0 Å². The highest BCUT2D eigenvalue weighted by Crippen LogP contribution is 2.36. The minimum Gasteiger partial charge on any atom is -0.322 e. The van der Waals surface area contributed by atoms with Crippen LogP contribution >= 0.6 is 0 Å². The van der Waals surface area contributed by atoms with E-state index in [1.54, 1.807) is 38.2 Å². The van der Waals surface area contributed by atoms with Crippen molar-refractivity contribution in [3.8, 4) is 0 Å². The zero-order valence-electron chi connectivity index (χ0n) is 15.1. The van der Waals surface area contributed by atoms with Crippen LogP contribution in [0.3, 0.4) is 0 Å². The van der Waals surface area contributed by atoms with Crippen LogP contribution in [0.4, 0.5) is 23.7 Å². The summed E-state index contributed by atoms with van der Waals surface area (Å²) in [5, 5.41) is 10.2. The summed E-state index contributed by atoms with van der Waals surface area (Å²) in [6.45, 7) is 3.03. The van der Waals surface area contributed by atoms with Crippen molar-refractivity contribution in [1.29, 1.82) is 0 Å². The number of nitrogens with zero attached hydrogens (tertiary/aromatic N) is 2. The van der Waals surface area contributed by atoms with Gasteiger partial charge in [-0.3, -0.25) is 4.68 Å². The first-order valence-electron chi connectivity index (χ1n) is 8.30. The van der Waals surface area contributed by atoms with Crippen molar-refractivity contribution >= 4 is 22.5 Å². The van der Waals surface area contributed by atoms with Crippen molar-refractivity contribution in [1.82, 2.24) is 15.1 Å². The van der Waals surface area contributed by atoms with Crippen LogP contribution in [-0.2, 0) is 7.05 Å². The van der Waals surface area contributed by atoms with E-state index in [1.165, 1.54) is 11.6 Å². The highest BCUT2D eigenvalue weighted by molar-refractivity contribution is 6.01. The fourth-order valence-corrected chi connectivity index (χ4v) is 3.15. The summed E-state index contributed by atoms with van der Waals surface area (Å²) in [5.41, 5.74) is 0.965. The molecule has 1 aromatic heterocycles. The number of halogens is 3. The lowest BCUT2D eigenvalue weighted by Crippen LogP contribution is -2.41. The number of amides is 2. The highest BCUT2D eigenvalue weighted by atomic mass is 19.4. The number of fused-ring (bicyclic) bond motifs is 1. The van der Waals surface area contributed by atoms with Crippen molar-refractivity contribution in [3.63, 3.8) is 0 Å². The van der Waals surface area contributed by atoms with E-state index in [4.69, 9.17) is 0 Å². The molecule has 0 spiro atoms. The Morgan fingerprint density at radius 3 is 2.41 bits per heavy atom.